The van der Waals surface area contributed by atoms with E-state index in [1.807, 2.05) is 31.2 Å². The molecule has 1 unspecified atom stereocenters. The lowest BCUT2D eigenvalue weighted by Crippen LogP contribution is -2.37. The highest BCUT2D eigenvalue weighted by Crippen LogP contribution is 2.14. The van der Waals surface area contributed by atoms with Crippen LogP contribution in [0.4, 0.5) is 0 Å². The fraction of sp³-hybridized carbons (Fsp3) is 0.467. The first kappa shape index (κ1) is 17.0. The van der Waals surface area contributed by atoms with Gasteiger partial charge in [0, 0.05) is 13.0 Å². The van der Waals surface area contributed by atoms with Crippen LogP contribution in [-0.4, -0.2) is 29.6 Å². The second-order valence-electron chi connectivity index (χ2n) is 4.77. The average molecular weight is 294 g/mol. The van der Waals surface area contributed by atoms with Gasteiger partial charge >= 0.3 is 5.97 Å². The van der Waals surface area contributed by atoms with Gasteiger partial charge < -0.3 is 20.9 Å². The molecular formula is C15H22N2O4. The summed E-state index contributed by atoms with van der Waals surface area (Å²) in [5.74, 6) is -0.729. The van der Waals surface area contributed by atoms with Gasteiger partial charge in [0.25, 0.3) is 0 Å². The fourth-order valence-electron chi connectivity index (χ4n) is 1.81. The van der Waals surface area contributed by atoms with Crippen LogP contribution in [0.15, 0.2) is 24.3 Å². The number of carbonyl (C=O) groups is 2. The van der Waals surface area contributed by atoms with Crippen molar-refractivity contribution < 1.29 is 19.4 Å². The normalized spacial score (nSPS) is 11.9. The summed E-state index contributed by atoms with van der Waals surface area (Å²) in [5.41, 5.74) is 5.96. The van der Waals surface area contributed by atoms with Gasteiger partial charge in [0.1, 0.15) is 11.8 Å². The molecule has 1 atom stereocenters. The largest absolute Gasteiger partial charge is 0.494 e. The van der Waals surface area contributed by atoms with E-state index in [2.05, 4.69) is 5.32 Å². The third-order valence-corrected chi connectivity index (χ3v) is 2.90. The molecule has 6 nitrogen and oxygen atoms in total. The number of nitrogens with one attached hydrogen (secondary N) is 1. The molecule has 0 aliphatic heterocycles. The number of carboxylic acid groups (broad SMARTS) is 1. The quantitative estimate of drug-likeness (QED) is 0.603. The van der Waals surface area contributed by atoms with E-state index < -0.39 is 17.9 Å². The molecule has 0 spiro atoms. The molecule has 1 aromatic carbocycles. The summed E-state index contributed by atoms with van der Waals surface area (Å²) >= 11 is 0. The molecule has 0 radical (unpaired) electrons. The van der Waals surface area contributed by atoms with E-state index in [-0.39, 0.29) is 12.8 Å². The van der Waals surface area contributed by atoms with Gasteiger partial charge in [0.2, 0.25) is 5.91 Å². The van der Waals surface area contributed by atoms with Crippen molar-refractivity contribution >= 4 is 11.9 Å². The van der Waals surface area contributed by atoms with Crippen LogP contribution < -0.4 is 15.8 Å². The summed E-state index contributed by atoms with van der Waals surface area (Å²) in [7, 11) is 0. The zero-order chi connectivity index (χ0) is 15.7. The SMILES string of the molecule is CCCOc1cccc(CNC(CCC(N)=O)C(=O)O)c1. The van der Waals surface area contributed by atoms with Crippen molar-refractivity contribution in [1.29, 1.82) is 0 Å². The Hall–Kier alpha value is -2.08. The van der Waals surface area contributed by atoms with Gasteiger partial charge in [-0.1, -0.05) is 19.1 Å². The molecule has 0 saturated heterocycles. The first-order chi connectivity index (χ1) is 10.0. The van der Waals surface area contributed by atoms with E-state index >= 15 is 0 Å². The van der Waals surface area contributed by atoms with Gasteiger partial charge in [-0.25, -0.2) is 0 Å². The number of amides is 1. The lowest BCUT2D eigenvalue weighted by atomic mass is 10.1. The molecule has 21 heavy (non-hydrogen) atoms. The summed E-state index contributed by atoms with van der Waals surface area (Å²) in [4.78, 5) is 21.8. The molecule has 4 N–H and O–H groups in total. The van der Waals surface area contributed by atoms with Crippen molar-refractivity contribution in [3.05, 3.63) is 29.8 Å². The maximum absolute atomic E-state index is 11.1. The van der Waals surface area contributed by atoms with E-state index in [0.717, 1.165) is 17.7 Å². The number of benzene rings is 1. The Balaban J connectivity index is 2.54. The maximum atomic E-state index is 11.1. The third kappa shape index (κ3) is 6.76. The second kappa shape index (κ2) is 8.97. The molecule has 1 amide bonds. The Morgan fingerprint density at radius 1 is 1.43 bits per heavy atom. The zero-order valence-corrected chi connectivity index (χ0v) is 12.2. The number of rotatable bonds is 10. The molecule has 0 aliphatic rings. The molecule has 1 aromatic rings. The number of nitrogens with two attached hydrogens (primary N) is 1. The van der Waals surface area contributed by atoms with Crippen LogP contribution in [-0.2, 0) is 16.1 Å². The summed E-state index contributed by atoms with van der Waals surface area (Å²) in [6, 6.07) is 6.69. The lowest BCUT2D eigenvalue weighted by molar-refractivity contribution is -0.139. The summed E-state index contributed by atoms with van der Waals surface area (Å²) in [5, 5.41) is 12.0. The van der Waals surface area contributed by atoms with Crippen molar-refractivity contribution in [1.82, 2.24) is 5.32 Å². The summed E-state index contributed by atoms with van der Waals surface area (Å²) in [6.45, 7) is 3.06. The van der Waals surface area contributed by atoms with Gasteiger partial charge in [0.15, 0.2) is 0 Å². The predicted octanol–water partition coefficient (Wildman–Crippen LogP) is 1.28. The molecule has 0 aromatic heterocycles. The van der Waals surface area contributed by atoms with Crippen LogP contribution in [0.3, 0.4) is 0 Å². The molecule has 0 heterocycles. The minimum Gasteiger partial charge on any atom is -0.494 e. The summed E-state index contributed by atoms with van der Waals surface area (Å²) < 4.78 is 5.52. The van der Waals surface area contributed by atoms with Gasteiger partial charge in [-0.3, -0.25) is 9.59 Å². The van der Waals surface area contributed by atoms with Gasteiger partial charge in [-0.15, -0.1) is 0 Å². The van der Waals surface area contributed by atoms with Gasteiger partial charge in [0.05, 0.1) is 6.61 Å². The Morgan fingerprint density at radius 2 is 2.19 bits per heavy atom. The monoisotopic (exact) mass is 294 g/mol. The van der Waals surface area contributed by atoms with E-state index in [1.54, 1.807) is 0 Å². The topological polar surface area (TPSA) is 102 Å². The van der Waals surface area contributed by atoms with E-state index in [9.17, 15) is 9.59 Å². The fourth-order valence-corrected chi connectivity index (χ4v) is 1.81. The number of hydrogen-bond donors (Lipinski definition) is 3. The van der Waals surface area contributed by atoms with Crippen LogP contribution in [0.2, 0.25) is 0 Å². The Kier molecular flexibility index (Phi) is 7.25. The third-order valence-electron chi connectivity index (χ3n) is 2.90. The zero-order valence-electron chi connectivity index (χ0n) is 12.2. The Labute approximate surface area is 124 Å². The van der Waals surface area contributed by atoms with Crippen molar-refractivity contribution in [2.45, 2.75) is 38.8 Å². The van der Waals surface area contributed by atoms with Crippen LogP contribution in [0.1, 0.15) is 31.7 Å². The average Bonchev–Trinajstić information content (AvgIpc) is 2.44. The molecule has 6 heteroatoms. The predicted molar refractivity (Wildman–Crippen MR) is 78.9 cm³/mol. The number of carbonyl (C=O) groups excluding carboxylic acids is 1. The highest BCUT2D eigenvalue weighted by atomic mass is 16.5. The number of hydrogen-bond acceptors (Lipinski definition) is 4. The van der Waals surface area contributed by atoms with E-state index in [0.29, 0.717) is 13.2 Å². The lowest BCUT2D eigenvalue weighted by Gasteiger charge is -2.14. The molecule has 0 aliphatic carbocycles. The van der Waals surface area contributed by atoms with Crippen LogP contribution >= 0.6 is 0 Å². The first-order valence-corrected chi connectivity index (χ1v) is 6.99. The van der Waals surface area contributed by atoms with Crippen molar-refractivity contribution in [2.24, 2.45) is 5.73 Å². The van der Waals surface area contributed by atoms with Crippen molar-refractivity contribution in [3.63, 3.8) is 0 Å². The first-order valence-electron chi connectivity index (χ1n) is 6.99. The number of primary amides is 1. The molecule has 116 valence electrons. The van der Waals surface area contributed by atoms with Gasteiger partial charge in [-0.05, 0) is 30.5 Å². The Morgan fingerprint density at radius 3 is 2.81 bits per heavy atom. The smallest absolute Gasteiger partial charge is 0.320 e. The van der Waals surface area contributed by atoms with Crippen LogP contribution in [0, 0.1) is 0 Å². The number of ether oxygens (including phenoxy) is 1. The van der Waals surface area contributed by atoms with Crippen molar-refractivity contribution in [2.75, 3.05) is 6.61 Å². The second-order valence-corrected chi connectivity index (χ2v) is 4.77. The van der Waals surface area contributed by atoms with E-state index in [1.165, 1.54) is 0 Å². The standard InChI is InChI=1S/C15H22N2O4/c1-2-8-21-12-5-3-4-11(9-12)10-17-13(15(19)20)6-7-14(16)18/h3-5,9,13,17H,2,6-8,10H2,1H3,(H2,16,18)(H,19,20). The summed E-state index contributed by atoms with van der Waals surface area (Å²) in [6.07, 6.45) is 1.15. The molecule has 1 rings (SSSR count). The highest BCUT2D eigenvalue weighted by Gasteiger charge is 2.17. The molecular weight excluding hydrogens is 272 g/mol. The van der Waals surface area contributed by atoms with Gasteiger partial charge in [-0.2, -0.15) is 0 Å². The Bertz CT molecular complexity index is 476. The van der Waals surface area contributed by atoms with E-state index in [4.69, 9.17) is 15.6 Å². The van der Waals surface area contributed by atoms with Crippen LogP contribution in [0.5, 0.6) is 5.75 Å². The minimum absolute atomic E-state index is 0.0453. The number of carboxylic acids is 1. The molecule has 0 bridgehead atoms. The molecule has 0 saturated carbocycles. The maximum Gasteiger partial charge on any atom is 0.320 e. The molecule has 0 fully saturated rings. The van der Waals surface area contributed by atoms with Crippen LogP contribution in [0.25, 0.3) is 0 Å². The highest BCUT2D eigenvalue weighted by molar-refractivity contribution is 5.77. The number of aliphatic carboxylic acids is 1. The minimum atomic E-state index is -0.991. The van der Waals surface area contributed by atoms with Crippen molar-refractivity contribution in [3.8, 4) is 5.75 Å².